The van der Waals surface area contributed by atoms with Crippen molar-refractivity contribution >= 4 is 17.2 Å². The van der Waals surface area contributed by atoms with Gasteiger partial charge in [-0.25, -0.2) is 4.98 Å². The highest BCUT2D eigenvalue weighted by Gasteiger charge is 2.24. The van der Waals surface area contributed by atoms with Crippen molar-refractivity contribution in [1.82, 2.24) is 15.2 Å². The van der Waals surface area contributed by atoms with E-state index in [-0.39, 0.29) is 11.9 Å². The third kappa shape index (κ3) is 3.62. The molecule has 0 spiro atoms. The molecular formula is C18H23N3OS. The molecule has 1 aromatic heterocycles. The van der Waals surface area contributed by atoms with Crippen LogP contribution < -0.4 is 5.32 Å². The van der Waals surface area contributed by atoms with E-state index in [4.69, 9.17) is 0 Å². The minimum atomic E-state index is 0.205. The number of piperazine rings is 1. The summed E-state index contributed by atoms with van der Waals surface area (Å²) in [6, 6.07) is 8.62. The Morgan fingerprint density at radius 3 is 2.78 bits per heavy atom. The highest BCUT2D eigenvalue weighted by molar-refractivity contribution is 7.12. The van der Waals surface area contributed by atoms with E-state index in [0.29, 0.717) is 6.42 Å². The molecule has 122 valence electrons. The number of hydrogen-bond donors (Lipinski definition) is 1. The van der Waals surface area contributed by atoms with Crippen LogP contribution in [0.25, 0.3) is 11.3 Å². The van der Waals surface area contributed by atoms with Crippen LogP contribution in [0.5, 0.6) is 0 Å². The van der Waals surface area contributed by atoms with Crippen molar-refractivity contribution in [2.75, 3.05) is 19.6 Å². The van der Waals surface area contributed by atoms with Gasteiger partial charge in [0.2, 0.25) is 5.91 Å². The van der Waals surface area contributed by atoms with Crippen LogP contribution >= 0.6 is 11.3 Å². The van der Waals surface area contributed by atoms with Crippen molar-refractivity contribution in [1.29, 1.82) is 0 Å². The smallest absolute Gasteiger partial charge is 0.228 e. The predicted octanol–water partition coefficient (Wildman–Crippen LogP) is 2.79. The van der Waals surface area contributed by atoms with Gasteiger partial charge in [-0.15, -0.1) is 11.3 Å². The molecule has 1 amide bonds. The first-order valence-corrected chi connectivity index (χ1v) is 8.90. The van der Waals surface area contributed by atoms with Gasteiger partial charge in [0.1, 0.15) is 0 Å². The van der Waals surface area contributed by atoms with E-state index in [0.717, 1.165) is 40.8 Å². The monoisotopic (exact) mass is 329 g/mol. The van der Waals surface area contributed by atoms with E-state index in [1.54, 1.807) is 11.3 Å². The predicted molar refractivity (Wildman–Crippen MR) is 94.8 cm³/mol. The van der Waals surface area contributed by atoms with Crippen LogP contribution in [0.15, 0.2) is 24.3 Å². The van der Waals surface area contributed by atoms with Crippen LogP contribution in [0.3, 0.4) is 0 Å². The molecule has 4 nitrogen and oxygen atoms in total. The highest BCUT2D eigenvalue weighted by Crippen LogP contribution is 2.29. The lowest BCUT2D eigenvalue weighted by molar-refractivity contribution is -0.133. The lowest BCUT2D eigenvalue weighted by atomic mass is 10.1. The summed E-state index contributed by atoms with van der Waals surface area (Å²) < 4.78 is 0. The maximum absolute atomic E-state index is 12.7. The molecule has 5 heteroatoms. The SMILES string of the molecule is Cc1ccc(-c2nc(C)sc2CC(=O)N2CCNCC2C)cc1. The van der Waals surface area contributed by atoms with Crippen LogP contribution in [0.4, 0.5) is 0 Å². The van der Waals surface area contributed by atoms with Crippen LogP contribution in [0.1, 0.15) is 22.4 Å². The molecule has 1 N–H and O–H groups in total. The number of benzene rings is 1. The molecule has 1 atom stereocenters. The lowest BCUT2D eigenvalue weighted by Crippen LogP contribution is -2.52. The van der Waals surface area contributed by atoms with Gasteiger partial charge in [-0.3, -0.25) is 4.79 Å². The van der Waals surface area contributed by atoms with Gasteiger partial charge in [-0.2, -0.15) is 0 Å². The highest BCUT2D eigenvalue weighted by atomic mass is 32.1. The minimum absolute atomic E-state index is 0.205. The third-order valence-electron chi connectivity index (χ3n) is 4.26. The molecule has 0 radical (unpaired) electrons. The molecule has 2 aromatic rings. The number of carbonyl (C=O) groups is 1. The molecule has 2 heterocycles. The van der Waals surface area contributed by atoms with E-state index >= 15 is 0 Å². The summed E-state index contributed by atoms with van der Waals surface area (Å²) in [5.74, 6) is 0.205. The first-order valence-electron chi connectivity index (χ1n) is 8.08. The van der Waals surface area contributed by atoms with Crippen molar-refractivity contribution < 1.29 is 4.79 Å². The molecule has 1 aromatic carbocycles. The first-order chi connectivity index (χ1) is 11.0. The first kappa shape index (κ1) is 16.1. The maximum atomic E-state index is 12.7. The Morgan fingerprint density at radius 2 is 2.09 bits per heavy atom. The second-order valence-electron chi connectivity index (χ2n) is 6.19. The van der Waals surface area contributed by atoms with Crippen molar-refractivity contribution in [3.8, 4) is 11.3 Å². The normalized spacial score (nSPS) is 18.2. The number of hydrogen-bond acceptors (Lipinski definition) is 4. The third-order valence-corrected chi connectivity index (χ3v) is 5.23. The molecule has 1 aliphatic heterocycles. The Balaban J connectivity index is 1.83. The Hall–Kier alpha value is -1.72. The second kappa shape index (κ2) is 6.81. The molecule has 1 aliphatic rings. The second-order valence-corrected chi connectivity index (χ2v) is 7.48. The molecule has 1 unspecified atom stereocenters. The van der Waals surface area contributed by atoms with Crippen LogP contribution in [-0.2, 0) is 11.2 Å². The largest absolute Gasteiger partial charge is 0.337 e. The number of aromatic nitrogens is 1. The number of nitrogens with zero attached hydrogens (tertiary/aromatic N) is 2. The quantitative estimate of drug-likeness (QED) is 0.942. The molecule has 23 heavy (non-hydrogen) atoms. The zero-order valence-corrected chi connectivity index (χ0v) is 14.7. The minimum Gasteiger partial charge on any atom is -0.337 e. The molecule has 1 saturated heterocycles. The summed E-state index contributed by atoms with van der Waals surface area (Å²) in [6.07, 6.45) is 0.444. The van der Waals surface area contributed by atoms with Crippen molar-refractivity contribution in [3.63, 3.8) is 0 Å². The molecule has 3 rings (SSSR count). The molecule has 0 aliphatic carbocycles. The number of thiazole rings is 1. The number of carbonyl (C=O) groups excluding carboxylic acids is 1. The fourth-order valence-electron chi connectivity index (χ4n) is 2.98. The van der Waals surface area contributed by atoms with Gasteiger partial charge in [-0.05, 0) is 20.8 Å². The zero-order valence-electron chi connectivity index (χ0n) is 13.9. The topological polar surface area (TPSA) is 45.2 Å². The number of rotatable bonds is 3. The zero-order chi connectivity index (χ0) is 16.4. The van der Waals surface area contributed by atoms with Crippen LogP contribution in [0, 0.1) is 13.8 Å². The summed E-state index contributed by atoms with van der Waals surface area (Å²) in [6.45, 7) is 8.72. The summed E-state index contributed by atoms with van der Waals surface area (Å²) in [5.41, 5.74) is 3.28. The van der Waals surface area contributed by atoms with Gasteiger partial charge in [0.15, 0.2) is 0 Å². The van der Waals surface area contributed by atoms with E-state index < -0.39 is 0 Å². The van der Waals surface area contributed by atoms with Crippen molar-refractivity contribution in [3.05, 3.63) is 39.7 Å². The van der Waals surface area contributed by atoms with E-state index in [2.05, 4.69) is 48.4 Å². The Bertz CT molecular complexity index is 693. The van der Waals surface area contributed by atoms with E-state index in [1.807, 2.05) is 11.8 Å². The summed E-state index contributed by atoms with van der Waals surface area (Å²) >= 11 is 1.63. The van der Waals surface area contributed by atoms with Crippen molar-refractivity contribution in [2.45, 2.75) is 33.2 Å². The number of amides is 1. The molecule has 0 saturated carbocycles. The Morgan fingerprint density at radius 1 is 1.35 bits per heavy atom. The average molecular weight is 329 g/mol. The number of nitrogens with one attached hydrogen (secondary N) is 1. The maximum Gasteiger partial charge on any atom is 0.228 e. The standard InChI is InChI=1S/C18H23N3OS/c1-12-4-6-15(7-5-12)18-16(23-14(3)20-18)10-17(22)21-9-8-19-11-13(21)2/h4-7,13,19H,8-11H2,1-3H3. The Labute approximate surface area is 141 Å². The fourth-order valence-corrected chi connectivity index (χ4v) is 3.93. The van der Waals surface area contributed by atoms with Crippen LogP contribution in [0.2, 0.25) is 0 Å². The van der Waals surface area contributed by atoms with Gasteiger partial charge in [-0.1, -0.05) is 29.8 Å². The van der Waals surface area contributed by atoms with Gasteiger partial charge < -0.3 is 10.2 Å². The molecule has 0 bridgehead atoms. The van der Waals surface area contributed by atoms with Gasteiger partial charge in [0.05, 0.1) is 17.1 Å². The van der Waals surface area contributed by atoms with Gasteiger partial charge >= 0.3 is 0 Å². The fraction of sp³-hybridized carbons (Fsp3) is 0.444. The van der Waals surface area contributed by atoms with Crippen LogP contribution in [-0.4, -0.2) is 41.5 Å². The van der Waals surface area contributed by atoms with Gasteiger partial charge in [0, 0.05) is 36.1 Å². The summed E-state index contributed by atoms with van der Waals surface area (Å²) in [4.78, 5) is 20.4. The molecular weight excluding hydrogens is 306 g/mol. The van der Waals surface area contributed by atoms with E-state index in [1.165, 1.54) is 5.56 Å². The Kier molecular flexibility index (Phi) is 4.78. The van der Waals surface area contributed by atoms with Crippen molar-refractivity contribution in [2.24, 2.45) is 0 Å². The molecule has 1 fully saturated rings. The number of aryl methyl sites for hydroxylation is 2. The summed E-state index contributed by atoms with van der Waals surface area (Å²) in [5, 5.41) is 4.34. The van der Waals surface area contributed by atoms with E-state index in [9.17, 15) is 4.79 Å². The average Bonchev–Trinajstić information content (AvgIpc) is 2.89. The summed E-state index contributed by atoms with van der Waals surface area (Å²) in [7, 11) is 0. The lowest BCUT2D eigenvalue weighted by Gasteiger charge is -2.34. The van der Waals surface area contributed by atoms with Gasteiger partial charge in [0.25, 0.3) is 0 Å².